The van der Waals surface area contributed by atoms with E-state index in [9.17, 15) is 0 Å². The molecule has 1 saturated heterocycles. The van der Waals surface area contributed by atoms with Crippen LogP contribution in [0.3, 0.4) is 0 Å². The molecule has 0 aromatic carbocycles. The molecule has 0 bridgehead atoms. The molecular formula is C14H19N5S. The minimum Gasteiger partial charge on any atom is -0.368 e. The Hall–Kier alpha value is -1.40. The number of hydrogen-bond donors (Lipinski definition) is 2. The van der Waals surface area contributed by atoms with Crippen LogP contribution in [0.1, 0.15) is 29.7 Å². The fraction of sp³-hybridized carbons (Fsp3) is 0.571. The Bertz CT molecular complexity index is 665. The first-order valence-corrected chi connectivity index (χ1v) is 8.12. The standard InChI is InChI=1S/C14H19N5S/c15-8-5-6-19(7-8)13-12-11(17-14(16)18-13)9-3-1-2-4-10(9)20-12/h8H,1-7,15H2,(H2,16,17,18)/t8-/m0/s1. The second-order valence-electron chi connectivity index (χ2n) is 5.79. The third-order valence-electron chi connectivity index (χ3n) is 4.32. The Morgan fingerprint density at radius 3 is 2.85 bits per heavy atom. The fourth-order valence-corrected chi connectivity index (χ4v) is 4.66. The lowest BCUT2D eigenvalue weighted by molar-refractivity contribution is 0.699. The number of nitrogens with two attached hydrogens (primary N) is 2. The molecule has 2 aromatic heterocycles. The number of anilines is 2. The zero-order valence-electron chi connectivity index (χ0n) is 11.4. The molecule has 6 heteroatoms. The highest BCUT2D eigenvalue weighted by atomic mass is 32.1. The quantitative estimate of drug-likeness (QED) is 0.835. The molecule has 0 radical (unpaired) electrons. The summed E-state index contributed by atoms with van der Waals surface area (Å²) in [7, 11) is 0. The maximum absolute atomic E-state index is 6.03. The molecule has 1 fully saturated rings. The van der Waals surface area contributed by atoms with Crippen LogP contribution in [0, 0.1) is 0 Å². The molecule has 20 heavy (non-hydrogen) atoms. The van der Waals surface area contributed by atoms with Gasteiger partial charge in [0.15, 0.2) is 5.82 Å². The van der Waals surface area contributed by atoms with Crippen LogP contribution < -0.4 is 16.4 Å². The van der Waals surface area contributed by atoms with Gasteiger partial charge in [-0.05, 0) is 37.7 Å². The molecule has 2 aromatic rings. The smallest absolute Gasteiger partial charge is 0.222 e. The Morgan fingerprint density at radius 2 is 2.05 bits per heavy atom. The van der Waals surface area contributed by atoms with Crippen LogP contribution in [0.4, 0.5) is 11.8 Å². The van der Waals surface area contributed by atoms with Crippen LogP contribution in [0.15, 0.2) is 0 Å². The van der Waals surface area contributed by atoms with Gasteiger partial charge in [-0.3, -0.25) is 0 Å². The van der Waals surface area contributed by atoms with Crippen LogP contribution in [0.25, 0.3) is 10.2 Å². The van der Waals surface area contributed by atoms with Gasteiger partial charge < -0.3 is 16.4 Å². The molecule has 4 N–H and O–H groups in total. The molecular weight excluding hydrogens is 270 g/mol. The van der Waals surface area contributed by atoms with E-state index in [0.29, 0.717) is 5.95 Å². The molecule has 1 aliphatic carbocycles. The second kappa shape index (κ2) is 4.56. The lowest BCUT2D eigenvalue weighted by atomic mass is 9.98. The van der Waals surface area contributed by atoms with Crippen molar-refractivity contribution in [2.24, 2.45) is 5.73 Å². The summed E-state index contributed by atoms with van der Waals surface area (Å²) in [5.41, 5.74) is 14.5. The van der Waals surface area contributed by atoms with E-state index < -0.39 is 0 Å². The van der Waals surface area contributed by atoms with Crippen LogP contribution >= 0.6 is 11.3 Å². The number of thiophene rings is 1. The highest BCUT2D eigenvalue weighted by molar-refractivity contribution is 7.19. The summed E-state index contributed by atoms with van der Waals surface area (Å²) < 4.78 is 1.21. The van der Waals surface area contributed by atoms with E-state index >= 15 is 0 Å². The first-order chi connectivity index (χ1) is 9.72. The molecule has 0 spiro atoms. The Balaban J connectivity index is 1.89. The monoisotopic (exact) mass is 289 g/mol. The van der Waals surface area contributed by atoms with Crippen molar-refractivity contribution in [1.82, 2.24) is 9.97 Å². The van der Waals surface area contributed by atoms with Crippen molar-refractivity contribution in [2.75, 3.05) is 23.7 Å². The van der Waals surface area contributed by atoms with Gasteiger partial charge in [0.2, 0.25) is 5.95 Å². The normalized spacial score (nSPS) is 22.4. The van der Waals surface area contributed by atoms with Crippen LogP contribution in [0.5, 0.6) is 0 Å². The molecule has 3 heterocycles. The van der Waals surface area contributed by atoms with Gasteiger partial charge in [0.25, 0.3) is 0 Å². The van der Waals surface area contributed by atoms with E-state index in [2.05, 4.69) is 14.9 Å². The molecule has 106 valence electrons. The maximum Gasteiger partial charge on any atom is 0.222 e. The summed E-state index contributed by atoms with van der Waals surface area (Å²) in [6.07, 6.45) is 5.87. The van der Waals surface area contributed by atoms with Crippen LogP contribution in [0.2, 0.25) is 0 Å². The van der Waals surface area contributed by atoms with Crippen LogP contribution in [-0.4, -0.2) is 29.1 Å². The Morgan fingerprint density at radius 1 is 1.20 bits per heavy atom. The highest BCUT2D eigenvalue weighted by Gasteiger charge is 2.26. The summed E-state index contributed by atoms with van der Waals surface area (Å²) in [6, 6.07) is 0.246. The minimum absolute atomic E-state index is 0.246. The SMILES string of the molecule is Nc1nc(N2CC[C@H](N)C2)c2sc3c(c2n1)CCCC3. The van der Waals surface area contributed by atoms with E-state index in [1.807, 2.05) is 11.3 Å². The number of hydrogen-bond acceptors (Lipinski definition) is 6. The summed E-state index contributed by atoms with van der Waals surface area (Å²) in [6.45, 7) is 1.84. The number of aromatic nitrogens is 2. The fourth-order valence-electron chi connectivity index (χ4n) is 3.31. The third kappa shape index (κ3) is 1.86. The minimum atomic E-state index is 0.246. The molecule has 4 rings (SSSR count). The molecule has 5 nitrogen and oxygen atoms in total. The number of fused-ring (bicyclic) bond motifs is 3. The van der Waals surface area contributed by atoms with E-state index in [1.165, 1.54) is 34.4 Å². The summed E-state index contributed by atoms with van der Waals surface area (Å²) in [4.78, 5) is 12.8. The maximum atomic E-state index is 6.03. The Labute approximate surface area is 122 Å². The molecule has 0 unspecified atom stereocenters. The summed E-state index contributed by atoms with van der Waals surface area (Å²) >= 11 is 1.86. The molecule has 0 saturated carbocycles. The molecule has 1 atom stereocenters. The van der Waals surface area contributed by atoms with Gasteiger partial charge in [-0.1, -0.05) is 0 Å². The second-order valence-corrected chi connectivity index (χ2v) is 6.89. The van der Waals surface area contributed by atoms with Crippen molar-refractivity contribution in [1.29, 1.82) is 0 Å². The predicted octanol–water partition coefficient (Wildman–Crippen LogP) is 1.69. The molecule has 0 amide bonds. The van der Waals surface area contributed by atoms with Crippen molar-refractivity contribution in [3.63, 3.8) is 0 Å². The molecule has 2 aliphatic rings. The van der Waals surface area contributed by atoms with E-state index in [1.54, 1.807) is 0 Å². The van der Waals surface area contributed by atoms with E-state index in [-0.39, 0.29) is 6.04 Å². The largest absolute Gasteiger partial charge is 0.368 e. The van der Waals surface area contributed by atoms with E-state index in [4.69, 9.17) is 11.5 Å². The van der Waals surface area contributed by atoms with Gasteiger partial charge >= 0.3 is 0 Å². The van der Waals surface area contributed by atoms with Crippen molar-refractivity contribution in [3.8, 4) is 0 Å². The van der Waals surface area contributed by atoms with Crippen molar-refractivity contribution < 1.29 is 0 Å². The van der Waals surface area contributed by atoms with Crippen molar-refractivity contribution >= 4 is 33.3 Å². The van der Waals surface area contributed by atoms with E-state index in [0.717, 1.165) is 37.3 Å². The topological polar surface area (TPSA) is 81.1 Å². The number of nitrogens with zero attached hydrogens (tertiary/aromatic N) is 3. The van der Waals surface area contributed by atoms with Gasteiger partial charge in [-0.15, -0.1) is 11.3 Å². The highest BCUT2D eigenvalue weighted by Crippen LogP contribution is 2.40. The average molecular weight is 289 g/mol. The zero-order valence-corrected chi connectivity index (χ0v) is 12.2. The first-order valence-electron chi connectivity index (χ1n) is 7.30. The number of rotatable bonds is 1. The lowest BCUT2D eigenvalue weighted by Gasteiger charge is -2.17. The van der Waals surface area contributed by atoms with Crippen molar-refractivity contribution in [3.05, 3.63) is 10.4 Å². The average Bonchev–Trinajstić information content (AvgIpc) is 3.02. The lowest BCUT2D eigenvalue weighted by Crippen LogP contribution is -2.27. The zero-order chi connectivity index (χ0) is 13.7. The van der Waals surface area contributed by atoms with Crippen LogP contribution in [-0.2, 0) is 12.8 Å². The number of nitrogen functional groups attached to an aromatic ring is 1. The van der Waals surface area contributed by atoms with Crippen molar-refractivity contribution in [2.45, 2.75) is 38.1 Å². The predicted molar refractivity (Wildman–Crippen MR) is 83.3 cm³/mol. The third-order valence-corrected chi connectivity index (χ3v) is 5.59. The van der Waals surface area contributed by atoms with Gasteiger partial charge in [0.1, 0.15) is 0 Å². The van der Waals surface area contributed by atoms with Gasteiger partial charge in [0.05, 0.1) is 10.2 Å². The first kappa shape index (κ1) is 12.3. The summed E-state index contributed by atoms with van der Waals surface area (Å²) in [5.74, 6) is 1.39. The number of aryl methyl sites for hydroxylation is 2. The van der Waals surface area contributed by atoms with Gasteiger partial charge in [0, 0.05) is 24.0 Å². The molecule has 1 aliphatic heterocycles. The van der Waals surface area contributed by atoms with Gasteiger partial charge in [-0.25, -0.2) is 4.98 Å². The van der Waals surface area contributed by atoms with Gasteiger partial charge in [-0.2, -0.15) is 4.98 Å². The Kier molecular flexibility index (Phi) is 2.82. The summed E-state index contributed by atoms with van der Waals surface area (Å²) in [5, 5.41) is 0.